The zero-order chi connectivity index (χ0) is 30.7. The largest absolute Gasteiger partial charge is 0.392 e. The fourth-order valence-corrected chi connectivity index (χ4v) is 5.50. The number of amides is 2. The predicted molar refractivity (Wildman–Crippen MR) is 172 cm³/mol. The van der Waals surface area contributed by atoms with Crippen LogP contribution in [0.15, 0.2) is 97.2 Å². The molecule has 3 aromatic carbocycles. The number of aromatic nitrogens is 1. The van der Waals surface area contributed by atoms with Crippen LogP contribution in [0, 0.1) is 0 Å². The van der Waals surface area contributed by atoms with Gasteiger partial charge >= 0.3 is 6.03 Å². The van der Waals surface area contributed by atoms with Crippen molar-refractivity contribution in [3.8, 4) is 11.1 Å². The average Bonchev–Trinajstić information content (AvgIpc) is 3.07. The first-order valence-electron chi connectivity index (χ1n) is 15.3. The number of aliphatic hydroxyl groups is 1. The molecule has 5 rings (SSSR count). The molecule has 1 aliphatic heterocycles. The lowest BCUT2D eigenvalue weighted by molar-refractivity contribution is -0.252. The fraction of sp³-hybridized carbons (Fsp3) is 0.333. The number of hydrogen-bond donors (Lipinski definition) is 3. The summed E-state index contributed by atoms with van der Waals surface area (Å²) < 4.78 is 13.1. The third-order valence-electron chi connectivity index (χ3n) is 7.89. The van der Waals surface area contributed by atoms with E-state index >= 15 is 0 Å². The van der Waals surface area contributed by atoms with Crippen molar-refractivity contribution >= 4 is 6.03 Å². The van der Waals surface area contributed by atoms with Crippen molar-refractivity contribution < 1.29 is 19.4 Å². The summed E-state index contributed by atoms with van der Waals surface area (Å²) in [6.45, 7) is 4.57. The van der Waals surface area contributed by atoms with Gasteiger partial charge in [-0.25, -0.2) is 4.79 Å². The Bertz CT molecular complexity index is 1460. The van der Waals surface area contributed by atoms with Crippen molar-refractivity contribution in [3.63, 3.8) is 0 Å². The van der Waals surface area contributed by atoms with Gasteiger partial charge in [0.25, 0.3) is 0 Å². The lowest BCUT2D eigenvalue weighted by Gasteiger charge is -2.38. The lowest BCUT2D eigenvalue weighted by Crippen LogP contribution is -2.38. The average molecular weight is 595 g/mol. The zero-order valence-corrected chi connectivity index (χ0v) is 25.5. The molecule has 1 saturated heterocycles. The highest BCUT2D eigenvalue weighted by molar-refractivity contribution is 5.74. The Labute approximate surface area is 260 Å². The standard InChI is InChI=1S/C36H42N4O4/c1-3-37-36(42)39-23-30-8-4-5-10-33(30)27-15-17-29(18-16-27)35-43-32(24-40(2)21-19-31-9-6-7-20-38-31)22-34(44-35)28-13-11-26(25-41)12-14-28/h4-18,20,32,34-35,41H,3,19,21-25H2,1-2H3,(H2,37,39,42)/t32-,34+,35+/m1/s1. The molecule has 0 bridgehead atoms. The van der Waals surface area contributed by atoms with Crippen molar-refractivity contribution in [3.05, 3.63) is 125 Å². The molecule has 44 heavy (non-hydrogen) atoms. The molecule has 3 atom stereocenters. The van der Waals surface area contributed by atoms with Gasteiger partial charge in [-0.3, -0.25) is 4.98 Å². The summed E-state index contributed by atoms with van der Waals surface area (Å²) in [5.41, 5.74) is 7.13. The molecule has 0 saturated carbocycles. The highest BCUT2D eigenvalue weighted by atomic mass is 16.7. The Morgan fingerprint density at radius 2 is 1.68 bits per heavy atom. The maximum atomic E-state index is 12.0. The van der Waals surface area contributed by atoms with Crippen molar-refractivity contribution in [1.82, 2.24) is 20.5 Å². The van der Waals surface area contributed by atoms with E-state index in [-0.39, 0.29) is 24.8 Å². The SMILES string of the molecule is CCNC(=O)NCc1ccccc1-c1ccc([C@H]2O[C@@H](CN(C)CCc3ccccn3)C[C@@H](c3ccc(CO)cc3)O2)cc1. The van der Waals surface area contributed by atoms with E-state index in [2.05, 4.69) is 64.0 Å². The second-order valence-corrected chi connectivity index (χ2v) is 11.2. The maximum absolute atomic E-state index is 12.0. The van der Waals surface area contributed by atoms with Gasteiger partial charge in [0.2, 0.25) is 0 Å². The molecule has 0 aliphatic carbocycles. The minimum atomic E-state index is -0.524. The van der Waals surface area contributed by atoms with Crippen LogP contribution >= 0.6 is 0 Å². The number of pyridine rings is 1. The highest BCUT2D eigenvalue weighted by Gasteiger charge is 2.32. The number of aliphatic hydroxyl groups excluding tert-OH is 1. The summed E-state index contributed by atoms with van der Waals surface area (Å²) >= 11 is 0. The van der Waals surface area contributed by atoms with Crippen molar-refractivity contribution in [1.29, 1.82) is 0 Å². The molecule has 2 amide bonds. The summed E-state index contributed by atoms with van der Waals surface area (Å²) in [6, 6.07) is 30.2. The van der Waals surface area contributed by atoms with Crippen molar-refractivity contribution in [2.24, 2.45) is 0 Å². The van der Waals surface area contributed by atoms with Crippen LogP contribution in [0.4, 0.5) is 4.79 Å². The number of nitrogens with one attached hydrogen (secondary N) is 2. The Hall–Kier alpha value is -4.08. The van der Waals surface area contributed by atoms with E-state index in [4.69, 9.17) is 9.47 Å². The van der Waals surface area contributed by atoms with E-state index in [1.54, 1.807) is 0 Å². The van der Waals surface area contributed by atoms with Crippen molar-refractivity contribution in [2.75, 3.05) is 26.7 Å². The monoisotopic (exact) mass is 594 g/mol. The molecule has 1 aromatic heterocycles. The van der Waals surface area contributed by atoms with Crippen LogP contribution in [0.25, 0.3) is 11.1 Å². The quantitative estimate of drug-likeness (QED) is 0.193. The second kappa shape index (κ2) is 15.6. The number of carbonyl (C=O) groups excluding carboxylic acids is 1. The summed E-state index contributed by atoms with van der Waals surface area (Å²) in [5.74, 6) is 0. The van der Waals surface area contributed by atoms with Crippen LogP contribution in [0.1, 0.15) is 53.7 Å². The number of hydrogen-bond acceptors (Lipinski definition) is 6. The molecule has 0 radical (unpaired) electrons. The number of ether oxygens (including phenoxy) is 2. The number of urea groups is 1. The van der Waals surface area contributed by atoms with Crippen LogP contribution in [-0.2, 0) is 29.0 Å². The third-order valence-corrected chi connectivity index (χ3v) is 7.89. The van der Waals surface area contributed by atoms with E-state index in [0.29, 0.717) is 13.1 Å². The van der Waals surface area contributed by atoms with Crippen LogP contribution < -0.4 is 10.6 Å². The number of rotatable bonds is 12. The topological polar surface area (TPSA) is 96.0 Å². The number of carbonyl (C=O) groups is 1. The van der Waals surface area contributed by atoms with E-state index < -0.39 is 6.29 Å². The van der Waals surface area contributed by atoms with E-state index in [9.17, 15) is 9.90 Å². The van der Waals surface area contributed by atoms with Gasteiger partial charge in [0.1, 0.15) is 0 Å². The van der Waals surface area contributed by atoms with Gasteiger partial charge in [-0.2, -0.15) is 0 Å². The van der Waals surface area contributed by atoms with Gasteiger partial charge < -0.3 is 30.1 Å². The van der Waals surface area contributed by atoms with Crippen LogP contribution in [0.3, 0.4) is 0 Å². The molecule has 1 fully saturated rings. The first-order chi connectivity index (χ1) is 21.5. The maximum Gasteiger partial charge on any atom is 0.315 e. The highest BCUT2D eigenvalue weighted by Crippen LogP contribution is 2.38. The molecule has 230 valence electrons. The molecule has 1 aliphatic rings. The summed E-state index contributed by atoms with van der Waals surface area (Å²) in [4.78, 5) is 18.7. The van der Waals surface area contributed by atoms with Crippen LogP contribution in [0.5, 0.6) is 0 Å². The summed E-state index contributed by atoms with van der Waals surface area (Å²) in [5, 5.41) is 15.2. The third kappa shape index (κ3) is 8.51. The minimum absolute atomic E-state index is 0.0126. The Balaban J connectivity index is 1.31. The predicted octanol–water partition coefficient (Wildman–Crippen LogP) is 5.78. The van der Waals surface area contributed by atoms with Gasteiger partial charge in [0.05, 0.1) is 18.8 Å². The van der Waals surface area contributed by atoms with E-state index in [0.717, 1.165) is 65.0 Å². The molecule has 8 nitrogen and oxygen atoms in total. The van der Waals surface area contributed by atoms with Gasteiger partial charge in [0.15, 0.2) is 6.29 Å². The zero-order valence-electron chi connectivity index (χ0n) is 25.5. The molecule has 0 unspecified atom stereocenters. The molecular weight excluding hydrogens is 552 g/mol. The first-order valence-corrected chi connectivity index (χ1v) is 15.3. The Kier molecular flexibility index (Phi) is 11.1. The lowest BCUT2D eigenvalue weighted by atomic mass is 9.97. The van der Waals surface area contributed by atoms with Gasteiger partial charge in [-0.15, -0.1) is 0 Å². The number of benzene rings is 3. The summed E-state index contributed by atoms with van der Waals surface area (Å²) in [7, 11) is 2.12. The molecule has 4 aromatic rings. The Morgan fingerprint density at radius 3 is 2.41 bits per heavy atom. The minimum Gasteiger partial charge on any atom is -0.392 e. The van der Waals surface area contributed by atoms with E-state index in [1.165, 1.54) is 0 Å². The van der Waals surface area contributed by atoms with E-state index in [1.807, 2.05) is 67.7 Å². The molecule has 3 N–H and O–H groups in total. The fourth-order valence-electron chi connectivity index (χ4n) is 5.50. The van der Waals surface area contributed by atoms with Gasteiger partial charge in [0, 0.05) is 56.5 Å². The smallest absolute Gasteiger partial charge is 0.315 e. The molecule has 8 heteroatoms. The summed E-state index contributed by atoms with van der Waals surface area (Å²) in [6.07, 6.45) is 2.73. The number of likely N-dealkylation sites (N-methyl/N-ethyl adjacent to an activating group) is 1. The molecular formula is C36H42N4O4. The van der Waals surface area contributed by atoms with Crippen LogP contribution in [-0.4, -0.2) is 53.8 Å². The van der Waals surface area contributed by atoms with Gasteiger partial charge in [-0.05, 0) is 53.9 Å². The van der Waals surface area contributed by atoms with Gasteiger partial charge in [-0.1, -0.05) is 78.9 Å². The van der Waals surface area contributed by atoms with Crippen LogP contribution in [0.2, 0.25) is 0 Å². The number of nitrogens with zero attached hydrogens (tertiary/aromatic N) is 2. The normalized spacial score (nSPS) is 18.2. The first kappa shape index (κ1) is 31.3. The van der Waals surface area contributed by atoms with Crippen molar-refractivity contribution in [2.45, 2.75) is 51.4 Å². The Morgan fingerprint density at radius 1 is 0.932 bits per heavy atom. The molecule has 0 spiro atoms. The molecule has 2 heterocycles. The second-order valence-electron chi connectivity index (χ2n) is 11.2.